The summed E-state index contributed by atoms with van der Waals surface area (Å²) in [4.78, 5) is 18.0. The number of sulfonamides is 1. The molecule has 2 rings (SSSR count). The van der Waals surface area contributed by atoms with Crippen LogP contribution in [0.15, 0.2) is 23.2 Å². The molecule has 1 aromatic rings. The summed E-state index contributed by atoms with van der Waals surface area (Å²) in [7, 11) is -1.89. The van der Waals surface area contributed by atoms with Gasteiger partial charge in [-0.25, -0.2) is 18.1 Å². The summed E-state index contributed by atoms with van der Waals surface area (Å²) in [5.41, 5.74) is 0. The number of amides is 1. The first kappa shape index (κ1) is 21.6. The van der Waals surface area contributed by atoms with Crippen molar-refractivity contribution >= 4 is 21.7 Å². The van der Waals surface area contributed by atoms with E-state index in [9.17, 15) is 13.2 Å². The summed E-state index contributed by atoms with van der Waals surface area (Å²) >= 11 is 0. The van der Waals surface area contributed by atoms with Gasteiger partial charge in [-0.1, -0.05) is 13.8 Å². The Labute approximate surface area is 162 Å². The summed E-state index contributed by atoms with van der Waals surface area (Å²) in [6.45, 7) is 6.04. The van der Waals surface area contributed by atoms with Crippen molar-refractivity contribution in [3.8, 4) is 0 Å². The fraction of sp³-hybridized carbons (Fsp3) is 0.667. The Balaban J connectivity index is 1.88. The number of likely N-dealkylation sites (N-methyl/N-ethyl adjacent to an activating group) is 1. The van der Waals surface area contributed by atoms with Gasteiger partial charge in [0.05, 0.1) is 6.54 Å². The molecule has 0 saturated carbocycles. The molecule has 1 amide bonds. The number of aromatic nitrogens is 1. The van der Waals surface area contributed by atoms with Gasteiger partial charge in [-0.3, -0.25) is 9.69 Å². The van der Waals surface area contributed by atoms with Gasteiger partial charge in [-0.15, -0.1) is 0 Å². The van der Waals surface area contributed by atoms with Crippen molar-refractivity contribution < 1.29 is 13.2 Å². The lowest BCUT2D eigenvalue weighted by molar-refractivity contribution is -0.122. The van der Waals surface area contributed by atoms with E-state index in [4.69, 9.17) is 0 Å². The highest BCUT2D eigenvalue weighted by Crippen LogP contribution is 2.17. The van der Waals surface area contributed by atoms with Crippen molar-refractivity contribution in [2.75, 3.05) is 32.0 Å². The monoisotopic (exact) mass is 397 g/mol. The lowest BCUT2D eigenvalue weighted by Crippen LogP contribution is -2.43. The molecule has 0 atom stereocenters. The first-order valence-corrected chi connectivity index (χ1v) is 11.0. The minimum atomic E-state index is -3.54. The standard InChI is InChI=1S/C18H31N5O3S/c1-4-14(5-2)22-27(25,26)16-6-7-17(20-12-16)21-15-8-10-23(11-9-15)13-18(24)19-3/h6-7,12,14-15,22H,4-5,8-11,13H2,1-3H3,(H,19,24)(H,20,21). The van der Waals surface area contributed by atoms with Crippen LogP contribution in [0.25, 0.3) is 0 Å². The first-order chi connectivity index (χ1) is 12.9. The number of likely N-dealkylation sites (tertiary alicyclic amines) is 1. The number of carbonyl (C=O) groups excluding carboxylic acids is 1. The molecule has 0 bridgehead atoms. The van der Waals surface area contributed by atoms with E-state index in [-0.39, 0.29) is 22.9 Å². The number of nitrogens with one attached hydrogen (secondary N) is 3. The van der Waals surface area contributed by atoms with Crippen molar-refractivity contribution in [1.82, 2.24) is 19.9 Å². The molecule has 0 aromatic carbocycles. The largest absolute Gasteiger partial charge is 0.367 e. The smallest absolute Gasteiger partial charge is 0.242 e. The van der Waals surface area contributed by atoms with Gasteiger partial charge in [0.15, 0.2) is 0 Å². The molecule has 0 aliphatic carbocycles. The Kier molecular flexibility index (Phi) is 8.00. The molecule has 3 N–H and O–H groups in total. The Morgan fingerprint density at radius 1 is 1.26 bits per heavy atom. The minimum Gasteiger partial charge on any atom is -0.367 e. The first-order valence-electron chi connectivity index (χ1n) is 9.55. The van der Waals surface area contributed by atoms with Gasteiger partial charge in [-0.2, -0.15) is 0 Å². The predicted molar refractivity (Wildman–Crippen MR) is 106 cm³/mol. The Morgan fingerprint density at radius 2 is 1.93 bits per heavy atom. The highest BCUT2D eigenvalue weighted by Gasteiger charge is 2.22. The third-order valence-corrected chi connectivity index (χ3v) is 6.45. The third kappa shape index (κ3) is 6.44. The predicted octanol–water partition coefficient (Wildman–Crippen LogP) is 1.17. The van der Waals surface area contributed by atoms with Crippen molar-refractivity contribution in [3.05, 3.63) is 18.3 Å². The van der Waals surface area contributed by atoms with Gasteiger partial charge in [0.1, 0.15) is 10.7 Å². The molecular weight excluding hydrogens is 366 g/mol. The second kappa shape index (κ2) is 10.0. The van der Waals surface area contributed by atoms with Crippen LogP contribution in [-0.4, -0.2) is 63.0 Å². The molecule has 27 heavy (non-hydrogen) atoms. The van der Waals surface area contributed by atoms with E-state index in [0.29, 0.717) is 12.4 Å². The molecule has 0 radical (unpaired) electrons. The molecular formula is C18H31N5O3S. The molecule has 0 spiro atoms. The van der Waals surface area contributed by atoms with Crippen LogP contribution in [-0.2, 0) is 14.8 Å². The van der Waals surface area contributed by atoms with E-state index in [1.807, 2.05) is 13.8 Å². The zero-order valence-electron chi connectivity index (χ0n) is 16.4. The zero-order valence-corrected chi connectivity index (χ0v) is 17.2. The number of rotatable bonds is 9. The molecule has 0 unspecified atom stereocenters. The average molecular weight is 398 g/mol. The van der Waals surface area contributed by atoms with Crippen LogP contribution < -0.4 is 15.4 Å². The Hall–Kier alpha value is -1.71. The van der Waals surface area contributed by atoms with E-state index in [1.165, 1.54) is 6.20 Å². The zero-order chi connectivity index (χ0) is 19.9. The maximum absolute atomic E-state index is 12.4. The maximum Gasteiger partial charge on any atom is 0.242 e. The van der Waals surface area contributed by atoms with Gasteiger partial charge in [-0.05, 0) is 37.8 Å². The summed E-state index contributed by atoms with van der Waals surface area (Å²) in [6, 6.07) is 3.50. The van der Waals surface area contributed by atoms with E-state index in [1.54, 1.807) is 19.2 Å². The number of carbonyl (C=O) groups is 1. The number of piperidine rings is 1. The van der Waals surface area contributed by atoms with E-state index < -0.39 is 10.0 Å². The second-order valence-corrected chi connectivity index (χ2v) is 8.60. The highest BCUT2D eigenvalue weighted by atomic mass is 32.2. The maximum atomic E-state index is 12.4. The third-order valence-electron chi connectivity index (χ3n) is 4.94. The van der Waals surface area contributed by atoms with Crippen molar-refractivity contribution in [1.29, 1.82) is 0 Å². The van der Waals surface area contributed by atoms with Crippen LogP contribution in [0.3, 0.4) is 0 Å². The Morgan fingerprint density at radius 3 is 2.44 bits per heavy atom. The summed E-state index contributed by atoms with van der Waals surface area (Å²) in [6.07, 6.45) is 4.72. The number of pyridine rings is 1. The SMILES string of the molecule is CCC(CC)NS(=O)(=O)c1ccc(NC2CCN(CC(=O)NC)CC2)nc1. The van der Waals surface area contributed by atoms with Crippen molar-refractivity contribution in [2.45, 2.75) is 56.5 Å². The molecule has 152 valence electrons. The Bertz CT molecular complexity index is 696. The fourth-order valence-corrected chi connectivity index (χ4v) is 4.44. The topological polar surface area (TPSA) is 103 Å². The molecule has 1 aliphatic rings. The molecule has 1 saturated heterocycles. The lowest BCUT2D eigenvalue weighted by Gasteiger charge is -2.32. The van der Waals surface area contributed by atoms with Gasteiger partial charge in [0, 0.05) is 38.4 Å². The number of hydrogen-bond donors (Lipinski definition) is 3. The normalized spacial score (nSPS) is 16.4. The van der Waals surface area contributed by atoms with Gasteiger partial charge < -0.3 is 10.6 Å². The van der Waals surface area contributed by atoms with Crippen molar-refractivity contribution in [2.24, 2.45) is 0 Å². The average Bonchev–Trinajstić information content (AvgIpc) is 2.68. The second-order valence-electron chi connectivity index (χ2n) is 6.88. The summed E-state index contributed by atoms with van der Waals surface area (Å²) in [5.74, 6) is 0.697. The lowest BCUT2D eigenvalue weighted by atomic mass is 10.1. The molecule has 8 nitrogen and oxygen atoms in total. The molecule has 2 heterocycles. The molecule has 1 aliphatic heterocycles. The molecule has 1 fully saturated rings. The molecule has 1 aromatic heterocycles. The van der Waals surface area contributed by atoms with Gasteiger partial charge in [0.2, 0.25) is 15.9 Å². The summed E-state index contributed by atoms with van der Waals surface area (Å²) in [5, 5.41) is 6.00. The number of hydrogen-bond acceptors (Lipinski definition) is 6. The molecule has 9 heteroatoms. The van der Waals surface area contributed by atoms with Crippen LogP contribution in [0.5, 0.6) is 0 Å². The highest BCUT2D eigenvalue weighted by molar-refractivity contribution is 7.89. The van der Waals surface area contributed by atoms with Crippen LogP contribution in [0.1, 0.15) is 39.5 Å². The van der Waals surface area contributed by atoms with E-state index in [0.717, 1.165) is 38.8 Å². The van der Waals surface area contributed by atoms with Crippen LogP contribution in [0.2, 0.25) is 0 Å². The number of nitrogens with zero attached hydrogens (tertiary/aromatic N) is 2. The van der Waals surface area contributed by atoms with Crippen LogP contribution in [0.4, 0.5) is 5.82 Å². The van der Waals surface area contributed by atoms with E-state index >= 15 is 0 Å². The fourth-order valence-electron chi connectivity index (χ4n) is 3.09. The minimum absolute atomic E-state index is 0.0295. The van der Waals surface area contributed by atoms with Gasteiger partial charge >= 0.3 is 0 Å². The summed E-state index contributed by atoms with van der Waals surface area (Å²) < 4.78 is 27.5. The quantitative estimate of drug-likeness (QED) is 0.578. The van der Waals surface area contributed by atoms with Crippen LogP contribution in [0, 0.1) is 0 Å². The van der Waals surface area contributed by atoms with Crippen LogP contribution >= 0.6 is 0 Å². The van der Waals surface area contributed by atoms with Gasteiger partial charge in [0.25, 0.3) is 0 Å². The van der Waals surface area contributed by atoms with Crippen molar-refractivity contribution in [3.63, 3.8) is 0 Å². The number of anilines is 1. The van der Waals surface area contributed by atoms with E-state index in [2.05, 4.69) is 25.2 Å².